The van der Waals surface area contributed by atoms with Crippen LogP contribution in [0.4, 0.5) is 16.2 Å². The summed E-state index contributed by atoms with van der Waals surface area (Å²) in [5.41, 5.74) is 2.35. The van der Waals surface area contributed by atoms with Gasteiger partial charge >= 0.3 is 6.03 Å². The summed E-state index contributed by atoms with van der Waals surface area (Å²) < 4.78 is 6.11. The molecule has 0 aromatic heterocycles. The second kappa shape index (κ2) is 7.91. The lowest BCUT2D eigenvalue weighted by atomic mass is 10.1. The molecule has 1 heterocycles. The van der Waals surface area contributed by atoms with Gasteiger partial charge in [-0.1, -0.05) is 12.1 Å². The van der Waals surface area contributed by atoms with Crippen LogP contribution < -0.4 is 15.4 Å². The zero-order chi connectivity index (χ0) is 18.5. The summed E-state index contributed by atoms with van der Waals surface area (Å²) in [6.45, 7) is 8.30. The Morgan fingerprint density at radius 2 is 1.85 bits per heavy atom. The number of hydrogen-bond acceptors (Lipinski definition) is 4. The molecule has 0 atom stereocenters. The topological polar surface area (TPSA) is 66.0 Å². The third kappa shape index (κ3) is 3.64. The van der Waals surface area contributed by atoms with Crippen molar-refractivity contribution < 1.29 is 9.53 Å². The number of nitrogens with zero attached hydrogens (tertiary/aromatic N) is 2. The molecule has 2 amide bonds. The van der Waals surface area contributed by atoms with Crippen LogP contribution in [0.5, 0.6) is 11.5 Å². The van der Waals surface area contributed by atoms with E-state index in [2.05, 4.69) is 29.4 Å². The van der Waals surface area contributed by atoms with Gasteiger partial charge in [-0.25, -0.2) is 9.79 Å². The highest BCUT2D eigenvalue weighted by Crippen LogP contribution is 2.38. The predicted molar refractivity (Wildman–Crippen MR) is 105 cm³/mol. The van der Waals surface area contributed by atoms with Gasteiger partial charge in [0.05, 0.1) is 5.56 Å². The molecule has 0 fully saturated rings. The molecule has 0 radical (unpaired) electrons. The van der Waals surface area contributed by atoms with Crippen molar-refractivity contribution in [2.24, 2.45) is 4.99 Å². The number of anilines is 1. The fourth-order valence-corrected chi connectivity index (χ4v) is 2.90. The molecule has 0 spiro atoms. The minimum Gasteiger partial charge on any atom is -0.454 e. The zero-order valence-corrected chi connectivity index (χ0v) is 15.4. The number of hydrogen-bond donors (Lipinski definition) is 2. The van der Waals surface area contributed by atoms with Gasteiger partial charge in [-0.15, -0.1) is 0 Å². The van der Waals surface area contributed by atoms with Crippen molar-refractivity contribution in [2.75, 3.05) is 25.0 Å². The van der Waals surface area contributed by atoms with Crippen LogP contribution in [-0.2, 0) is 0 Å². The van der Waals surface area contributed by atoms with E-state index in [1.807, 2.05) is 49.4 Å². The SMILES string of the molecule is CCNC(=O)Nc1ccc2c(c1)C(N(CC)CC)=Nc1ccccc1O2. The summed E-state index contributed by atoms with van der Waals surface area (Å²) in [5.74, 6) is 2.29. The summed E-state index contributed by atoms with van der Waals surface area (Å²) >= 11 is 0. The van der Waals surface area contributed by atoms with Gasteiger partial charge in [0.25, 0.3) is 0 Å². The van der Waals surface area contributed by atoms with E-state index in [0.29, 0.717) is 12.2 Å². The highest BCUT2D eigenvalue weighted by molar-refractivity contribution is 6.05. The Hall–Kier alpha value is -3.02. The van der Waals surface area contributed by atoms with Gasteiger partial charge in [-0.3, -0.25) is 0 Å². The van der Waals surface area contributed by atoms with Crippen LogP contribution in [0.2, 0.25) is 0 Å². The third-order valence-electron chi connectivity index (χ3n) is 4.19. The predicted octanol–water partition coefficient (Wildman–Crippen LogP) is 4.35. The molecule has 2 aromatic rings. The van der Waals surface area contributed by atoms with E-state index in [1.54, 1.807) is 0 Å². The summed E-state index contributed by atoms with van der Waals surface area (Å²) in [5, 5.41) is 5.59. The number of para-hydroxylation sites is 2. The fourth-order valence-electron chi connectivity index (χ4n) is 2.90. The maximum absolute atomic E-state index is 11.9. The van der Waals surface area contributed by atoms with Crippen LogP contribution in [0.25, 0.3) is 0 Å². The smallest absolute Gasteiger partial charge is 0.319 e. The third-order valence-corrected chi connectivity index (χ3v) is 4.19. The standard InChI is InChI=1S/C20H24N4O2/c1-4-21-20(25)22-14-11-12-17-15(13-14)19(24(5-2)6-3)23-16-9-7-8-10-18(16)26-17/h7-13H,4-6H2,1-3H3,(H2,21,22,25). The Morgan fingerprint density at radius 1 is 1.08 bits per heavy atom. The molecule has 1 aliphatic heterocycles. The number of nitrogens with one attached hydrogen (secondary N) is 2. The fraction of sp³-hybridized carbons (Fsp3) is 0.300. The van der Waals surface area contributed by atoms with Crippen molar-refractivity contribution in [3.05, 3.63) is 48.0 Å². The molecule has 0 bridgehead atoms. The minimum absolute atomic E-state index is 0.230. The number of carbonyl (C=O) groups excluding carboxylic acids is 1. The summed E-state index contributed by atoms with van der Waals surface area (Å²) in [7, 11) is 0. The Kier molecular flexibility index (Phi) is 5.41. The highest BCUT2D eigenvalue weighted by atomic mass is 16.5. The molecule has 6 heteroatoms. The molecule has 2 N–H and O–H groups in total. The van der Waals surface area contributed by atoms with Gasteiger partial charge in [0, 0.05) is 25.3 Å². The van der Waals surface area contributed by atoms with E-state index in [0.717, 1.165) is 41.7 Å². The summed E-state index contributed by atoms with van der Waals surface area (Å²) in [4.78, 5) is 18.9. The van der Waals surface area contributed by atoms with Crippen molar-refractivity contribution in [2.45, 2.75) is 20.8 Å². The van der Waals surface area contributed by atoms with Crippen LogP contribution in [-0.4, -0.2) is 36.4 Å². The summed E-state index contributed by atoms with van der Waals surface area (Å²) in [6, 6.07) is 13.1. The van der Waals surface area contributed by atoms with Crippen molar-refractivity contribution in [3.63, 3.8) is 0 Å². The van der Waals surface area contributed by atoms with E-state index in [9.17, 15) is 4.79 Å². The molecule has 1 aliphatic rings. The molecule has 2 aromatic carbocycles. The quantitative estimate of drug-likeness (QED) is 0.859. The Labute approximate surface area is 153 Å². The van der Waals surface area contributed by atoms with E-state index in [1.165, 1.54) is 0 Å². The molecular weight excluding hydrogens is 328 g/mol. The lowest BCUT2D eigenvalue weighted by molar-refractivity contribution is 0.252. The van der Waals surface area contributed by atoms with E-state index < -0.39 is 0 Å². The molecule has 26 heavy (non-hydrogen) atoms. The molecule has 6 nitrogen and oxygen atoms in total. The Balaban J connectivity index is 2.07. The lowest BCUT2D eigenvalue weighted by Gasteiger charge is -2.23. The number of urea groups is 1. The van der Waals surface area contributed by atoms with Gasteiger partial charge in [-0.05, 0) is 51.1 Å². The highest BCUT2D eigenvalue weighted by Gasteiger charge is 2.22. The molecule has 0 unspecified atom stereocenters. The van der Waals surface area contributed by atoms with Crippen molar-refractivity contribution in [1.82, 2.24) is 10.2 Å². The van der Waals surface area contributed by atoms with Gasteiger partial charge in [0.1, 0.15) is 17.3 Å². The molecule has 136 valence electrons. The molecule has 0 saturated carbocycles. The van der Waals surface area contributed by atoms with Crippen molar-refractivity contribution in [1.29, 1.82) is 0 Å². The second-order valence-electron chi connectivity index (χ2n) is 5.87. The number of fused-ring (bicyclic) bond motifs is 2. The van der Waals surface area contributed by atoms with Gasteiger partial charge < -0.3 is 20.3 Å². The average Bonchev–Trinajstić information content (AvgIpc) is 2.80. The first-order valence-electron chi connectivity index (χ1n) is 8.96. The first-order chi connectivity index (χ1) is 12.7. The van der Waals surface area contributed by atoms with Gasteiger partial charge in [0.2, 0.25) is 0 Å². The number of carbonyl (C=O) groups is 1. The largest absolute Gasteiger partial charge is 0.454 e. The van der Waals surface area contributed by atoms with Crippen molar-refractivity contribution in [3.8, 4) is 11.5 Å². The average molecular weight is 352 g/mol. The van der Waals surface area contributed by atoms with Crippen LogP contribution in [0.1, 0.15) is 26.3 Å². The number of amides is 2. The van der Waals surface area contributed by atoms with Crippen LogP contribution in [0.3, 0.4) is 0 Å². The van der Waals surface area contributed by atoms with Crippen LogP contribution in [0.15, 0.2) is 47.5 Å². The van der Waals surface area contributed by atoms with Gasteiger partial charge in [-0.2, -0.15) is 0 Å². The summed E-state index contributed by atoms with van der Waals surface area (Å²) in [6.07, 6.45) is 0. The number of aliphatic imine (C=N–C) groups is 1. The van der Waals surface area contributed by atoms with Crippen LogP contribution >= 0.6 is 0 Å². The monoisotopic (exact) mass is 352 g/mol. The van der Waals surface area contributed by atoms with Crippen LogP contribution in [0, 0.1) is 0 Å². The molecule has 0 saturated heterocycles. The lowest BCUT2D eigenvalue weighted by Crippen LogP contribution is -2.31. The van der Waals surface area contributed by atoms with E-state index in [-0.39, 0.29) is 6.03 Å². The van der Waals surface area contributed by atoms with E-state index in [4.69, 9.17) is 9.73 Å². The molecular formula is C20H24N4O2. The maximum atomic E-state index is 11.9. The Morgan fingerprint density at radius 3 is 2.58 bits per heavy atom. The number of ether oxygens (including phenoxy) is 1. The van der Waals surface area contributed by atoms with Crippen molar-refractivity contribution >= 4 is 23.2 Å². The first-order valence-corrected chi connectivity index (χ1v) is 8.96. The number of benzene rings is 2. The maximum Gasteiger partial charge on any atom is 0.319 e. The number of rotatable bonds is 4. The molecule has 3 rings (SSSR count). The number of amidine groups is 1. The first kappa shape index (κ1) is 17.8. The molecule has 0 aliphatic carbocycles. The normalized spacial score (nSPS) is 12.0. The minimum atomic E-state index is -0.230. The second-order valence-corrected chi connectivity index (χ2v) is 5.87. The Bertz CT molecular complexity index is 828. The zero-order valence-electron chi connectivity index (χ0n) is 15.4. The van der Waals surface area contributed by atoms with Gasteiger partial charge in [0.15, 0.2) is 5.75 Å². The van der Waals surface area contributed by atoms with E-state index >= 15 is 0 Å².